The van der Waals surface area contributed by atoms with Crippen molar-refractivity contribution in [2.75, 3.05) is 19.8 Å². The molecule has 0 aliphatic carbocycles. The number of amides is 1. The minimum absolute atomic E-state index is 0.103. The van der Waals surface area contributed by atoms with Crippen LogP contribution in [0.3, 0.4) is 0 Å². The molecule has 2 rings (SSSR count). The second kappa shape index (κ2) is 8.32. The summed E-state index contributed by atoms with van der Waals surface area (Å²) >= 11 is 0. The monoisotopic (exact) mass is 380 g/mol. The number of ether oxygens (including phenoxy) is 1. The lowest BCUT2D eigenvalue weighted by molar-refractivity contribution is -0.0597. The van der Waals surface area contributed by atoms with Crippen molar-refractivity contribution >= 4 is 13.7 Å². The molecule has 2 heterocycles. The van der Waals surface area contributed by atoms with Crippen molar-refractivity contribution < 1.29 is 37.9 Å². The van der Waals surface area contributed by atoms with Gasteiger partial charge in [-0.15, -0.1) is 5.10 Å². The highest BCUT2D eigenvalue weighted by atomic mass is 31.2. The van der Waals surface area contributed by atoms with Crippen molar-refractivity contribution in [1.82, 2.24) is 14.8 Å². The van der Waals surface area contributed by atoms with E-state index in [9.17, 15) is 19.6 Å². The summed E-state index contributed by atoms with van der Waals surface area (Å²) < 4.78 is 33.8. The first-order valence-electron chi connectivity index (χ1n) is 7.57. The maximum atomic E-state index is 12.2. The molecule has 4 atom stereocenters. The maximum Gasteiger partial charge on any atom is 0.474 e. The van der Waals surface area contributed by atoms with Crippen LogP contribution in [-0.2, 0) is 22.9 Å². The van der Waals surface area contributed by atoms with E-state index in [2.05, 4.69) is 10.1 Å². The number of phosphoric acid groups is 1. The van der Waals surface area contributed by atoms with Gasteiger partial charge >= 0.3 is 7.82 Å². The molecule has 1 aromatic heterocycles. The first-order chi connectivity index (χ1) is 11.8. The number of nitrogens with two attached hydrogens (primary N) is 1. The molecule has 142 valence electrons. The number of hydrogen-bond acceptors (Lipinski definition) is 10. The van der Waals surface area contributed by atoms with Crippen LogP contribution >= 0.6 is 7.82 Å². The Kier molecular flexibility index (Phi) is 6.63. The van der Waals surface area contributed by atoms with Gasteiger partial charge in [-0.25, -0.2) is 14.2 Å². The molecule has 0 spiro atoms. The largest absolute Gasteiger partial charge is 0.474 e. The topological polar surface area (TPSA) is 168 Å². The van der Waals surface area contributed by atoms with E-state index >= 15 is 0 Å². The fraction of sp³-hybridized carbons (Fsp3) is 0.750. The quantitative estimate of drug-likeness (QED) is 0.461. The Hall–Kier alpha value is -1.40. The zero-order chi connectivity index (χ0) is 18.6. The van der Waals surface area contributed by atoms with E-state index in [4.69, 9.17) is 24.0 Å². The van der Waals surface area contributed by atoms with Crippen molar-refractivity contribution in [1.29, 1.82) is 0 Å². The summed E-state index contributed by atoms with van der Waals surface area (Å²) in [5.41, 5.74) is 5.06. The molecule has 0 bridgehead atoms. The molecule has 1 saturated heterocycles. The van der Waals surface area contributed by atoms with Crippen LogP contribution in [0.4, 0.5) is 0 Å². The van der Waals surface area contributed by atoms with E-state index in [1.807, 2.05) is 0 Å². The van der Waals surface area contributed by atoms with Crippen LogP contribution in [0.2, 0.25) is 0 Å². The number of phosphoric ester groups is 1. The Bertz CT molecular complexity index is 630. The summed E-state index contributed by atoms with van der Waals surface area (Å²) in [5.74, 6) is -1.11. The lowest BCUT2D eigenvalue weighted by Gasteiger charge is -2.20. The Morgan fingerprint density at radius 2 is 1.96 bits per heavy atom. The van der Waals surface area contributed by atoms with Crippen LogP contribution < -0.4 is 5.73 Å². The molecular formula is C12H21N4O8P. The van der Waals surface area contributed by atoms with E-state index in [0.29, 0.717) is 0 Å². The molecule has 0 saturated carbocycles. The van der Waals surface area contributed by atoms with Gasteiger partial charge in [-0.1, -0.05) is 0 Å². The van der Waals surface area contributed by atoms with Crippen molar-refractivity contribution in [2.45, 2.75) is 38.4 Å². The molecule has 1 aromatic rings. The van der Waals surface area contributed by atoms with E-state index in [1.54, 1.807) is 13.8 Å². The smallest absolute Gasteiger partial charge is 0.387 e. The Balaban J connectivity index is 2.03. The number of hydrogen-bond donors (Lipinski definition) is 3. The molecule has 0 aromatic carbocycles. The van der Waals surface area contributed by atoms with Gasteiger partial charge in [0.1, 0.15) is 24.6 Å². The van der Waals surface area contributed by atoms with Gasteiger partial charge in [0.15, 0.2) is 6.23 Å². The summed E-state index contributed by atoms with van der Waals surface area (Å²) in [5, 5.41) is 23.9. The second-order valence-corrected chi connectivity index (χ2v) is 6.71. The molecule has 25 heavy (non-hydrogen) atoms. The number of primary amides is 1. The molecule has 1 amide bonds. The SMILES string of the molecule is CCOP(=O)(OCC)OCC1O[C@@H](n2cnc(C(N)=O)n2)[C@H](O)[C@@H]1O. The lowest BCUT2D eigenvalue weighted by Crippen LogP contribution is -2.33. The summed E-state index contributed by atoms with van der Waals surface area (Å²) in [6, 6.07) is 0. The number of aromatic nitrogens is 3. The first kappa shape index (κ1) is 19.9. The molecule has 1 fully saturated rings. The van der Waals surface area contributed by atoms with Gasteiger partial charge in [0.2, 0.25) is 5.82 Å². The molecule has 1 unspecified atom stereocenters. The van der Waals surface area contributed by atoms with Gasteiger partial charge in [-0.3, -0.25) is 18.4 Å². The number of carbonyl (C=O) groups excluding carboxylic acids is 1. The molecule has 12 nitrogen and oxygen atoms in total. The van der Waals surface area contributed by atoms with E-state index in [1.165, 1.54) is 0 Å². The van der Waals surface area contributed by atoms with Gasteiger partial charge in [-0.2, -0.15) is 0 Å². The number of aliphatic hydroxyl groups is 2. The van der Waals surface area contributed by atoms with Crippen molar-refractivity contribution in [3.63, 3.8) is 0 Å². The predicted octanol–water partition coefficient (Wildman–Crippen LogP) is -0.806. The molecule has 1 aliphatic heterocycles. The number of aliphatic hydroxyl groups excluding tert-OH is 2. The zero-order valence-electron chi connectivity index (χ0n) is 13.7. The van der Waals surface area contributed by atoms with Crippen LogP contribution in [0.15, 0.2) is 6.33 Å². The predicted molar refractivity (Wildman–Crippen MR) is 81.3 cm³/mol. The highest BCUT2D eigenvalue weighted by Gasteiger charge is 2.45. The summed E-state index contributed by atoms with van der Waals surface area (Å²) in [7, 11) is -3.79. The first-order valence-corrected chi connectivity index (χ1v) is 9.03. The van der Waals surface area contributed by atoms with E-state index < -0.39 is 38.3 Å². The normalized spacial score (nSPS) is 26.9. The lowest BCUT2D eigenvalue weighted by atomic mass is 10.1. The average molecular weight is 380 g/mol. The standard InChI is InChI=1S/C12H21N4O8P/c1-3-21-25(20,22-4-2)23-5-7-8(17)9(18)12(24-7)16-6-14-11(15-16)10(13)19/h6-9,12,17-18H,3-5H2,1-2H3,(H2,13,19)/t7?,8-,9-,12-/m1/s1. The maximum absolute atomic E-state index is 12.2. The Morgan fingerprint density at radius 1 is 1.32 bits per heavy atom. The molecule has 0 radical (unpaired) electrons. The van der Waals surface area contributed by atoms with Gasteiger partial charge < -0.3 is 20.7 Å². The highest BCUT2D eigenvalue weighted by molar-refractivity contribution is 7.48. The average Bonchev–Trinajstić information content (AvgIpc) is 3.13. The van der Waals surface area contributed by atoms with Crippen molar-refractivity contribution in [2.24, 2.45) is 5.73 Å². The molecule has 13 heteroatoms. The fourth-order valence-corrected chi connectivity index (χ4v) is 3.37. The van der Waals surface area contributed by atoms with Crippen LogP contribution in [0.5, 0.6) is 0 Å². The number of rotatable bonds is 9. The minimum atomic E-state index is -3.79. The summed E-state index contributed by atoms with van der Waals surface area (Å²) in [6.45, 7) is 3.09. The van der Waals surface area contributed by atoms with Gasteiger partial charge in [-0.05, 0) is 13.8 Å². The number of carbonyl (C=O) groups is 1. The van der Waals surface area contributed by atoms with Crippen LogP contribution in [0.1, 0.15) is 30.7 Å². The number of nitrogens with zero attached hydrogens (tertiary/aromatic N) is 3. The van der Waals surface area contributed by atoms with Gasteiger partial charge in [0, 0.05) is 0 Å². The second-order valence-electron chi connectivity index (χ2n) is 5.04. The fourth-order valence-electron chi connectivity index (χ4n) is 2.19. The Morgan fingerprint density at radius 3 is 2.48 bits per heavy atom. The van der Waals surface area contributed by atoms with Gasteiger partial charge in [0.25, 0.3) is 5.91 Å². The zero-order valence-corrected chi connectivity index (χ0v) is 14.6. The van der Waals surface area contributed by atoms with Crippen molar-refractivity contribution in [3.05, 3.63) is 12.2 Å². The molecule has 4 N–H and O–H groups in total. The van der Waals surface area contributed by atoms with Crippen LogP contribution in [0.25, 0.3) is 0 Å². The Labute approximate surface area is 143 Å². The third kappa shape index (κ3) is 4.61. The summed E-state index contributed by atoms with van der Waals surface area (Å²) in [4.78, 5) is 14.7. The minimum Gasteiger partial charge on any atom is -0.387 e. The third-order valence-electron chi connectivity index (χ3n) is 3.30. The summed E-state index contributed by atoms with van der Waals surface area (Å²) in [6.07, 6.45) is -3.76. The molecular weight excluding hydrogens is 359 g/mol. The van der Waals surface area contributed by atoms with E-state index in [-0.39, 0.29) is 25.6 Å². The van der Waals surface area contributed by atoms with E-state index in [0.717, 1.165) is 11.0 Å². The molecule has 1 aliphatic rings. The van der Waals surface area contributed by atoms with Crippen LogP contribution in [-0.4, -0.2) is 69.0 Å². The van der Waals surface area contributed by atoms with Crippen LogP contribution in [0, 0.1) is 0 Å². The van der Waals surface area contributed by atoms with Gasteiger partial charge in [0.05, 0.1) is 19.8 Å². The van der Waals surface area contributed by atoms with Crippen molar-refractivity contribution in [3.8, 4) is 0 Å². The third-order valence-corrected chi connectivity index (χ3v) is 4.91. The highest BCUT2D eigenvalue weighted by Crippen LogP contribution is 2.49.